The number of anilines is 1. The Morgan fingerprint density at radius 2 is 1.81 bits per heavy atom. The maximum atomic E-state index is 13.2. The molecule has 0 aliphatic heterocycles. The highest BCUT2D eigenvalue weighted by atomic mass is 35.5. The van der Waals surface area contributed by atoms with E-state index in [1.807, 2.05) is 26.0 Å². The van der Waals surface area contributed by atoms with E-state index in [1.165, 1.54) is 46.8 Å². The lowest BCUT2D eigenvalue weighted by atomic mass is 10.1. The fourth-order valence-electron chi connectivity index (χ4n) is 3.30. The van der Waals surface area contributed by atoms with Crippen molar-refractivity contribution in [3.05, 3.63) is 76.7 Å². The van der Waals surface area contributed by atoms with E-state index in [0.29, 0.717) is 15.9 Å². The molecular formula is C23H21ClN2O4S2. The van der Waals surface area contributed by atoms with Crippen molar-refractivity contribution in [2.45, 2.75) is 31.7 Å². The monoisotopic (exact) mass is 488 g/mol. The number of carbonyl (C=O) groups excluding carboxylic acids is 1. The molecule has 2 aromatic heterocycles. The molecule has 0 spiro atoms. The molecule has 0 bridgehead atoms. The predicted octanol–water partition coefficient (Wildman–Crippen LogP) is 5.56. The van der Waals surface area contributed by atoms with Gasteiger partial charge in [0.15, 0.2) is 15.0 Å². The smallest absolute Gasteiger partial charge is 0.230 e. The van der Waals surface area contributed by atoms with Gasteiger partial charge in [0.1, 0.15) is 5.76 Å². The standard InChI is InChI=1S/C23H21ClN2O4S2/c1-15-5-6-16(2)22-21(15)25-23(31-22)26(14-18-4-3-12-30-18)20(27)11-13-32(28,29)19-9-7-17(24)8-10-19/h3-10,12H,11,13-14H2,1-2H3. The van der Waals surface area contributed by atoms with E-state index in [4.69, 9.17) is 21.0 Å². The van der Waals surface area contributed by atoms with Gasteiger partial charge < -0.3 is 4.42 Å². The molecule has 9 heteroatoms. The first-order chi connectivity index (χ1) is 15.2. The van der Waals surface area contributed by atoms with Crippen LogP contribution >= 0.6 is 22.9 Å². The molecule has 0 radical (unpaired) electrons. The number of furan rings is 1. The molecule has 0 saturated heterocycles. The van der Waals surface area contributed by atoms with Crippen LogP contribution in [0.4, 0.5) is 5.13 Å². The van der Waals surface area contributed by atoms with Crippen molar-refractivity contribution >= 4 is 54.0 Å². The number of halogens is 1. The number of fused-ring (bicyclic) bond motifs is 1. The second-order valence-corrected chi connectivity index (χ2v) is 11.0. The van der Waals surface area contributed by atoms with Gasteiger partial charge in [-0.15, -0.1) is 0 Å². The van der Waals surface area contributed by atoms with Crippen LogP contribution < -0.4 is 4.90 Å². The van der Waals surface area contributed by atoms with Crippen molar-refractivity contribution in [1.82, 2.24) is 4.98 Å². The molecule has 6 nitrogen and oxygen atoms in total. The van der Waals surface area contributed by atoms with Crippen molar-refractivity contribution in [2.24, 2.45) is 0 Å². The summed E-state index contributed by atoms with van der Waals surface area (Å²) in [5.41, 5.74) is 2.94. The second kappa shape index (κ2) is 9.05. The van der Waals surface area contributed by atoms with Gasteiger partial charge in [0.25, 0.3) is 0 Å². The number of hydrogen-bond acceptors (Lipinski definition) is 6. The van der Waals surface area contributed by atoms with Gasteiger partial charge in [-0.2, -0.15) is 0 Å². The number of hydrogen-bond donors (Lipinski definition) is 0. The molecule has 0 atom stereocenters. The van der Waals surface area contributed by atoms with E-state index >= 15 is 0 Å². The molecular weight excluding hydrogens is 468 g/mol. The molecule has 4 aromatic rings. The lowest BCUT2D eigenvalue weighted by molar-refractivity contribution is -0.118. The third-order valence-corrected chi connectivity index (χ3v) is 8.31. The SMILES string of the molecule is Cc1ccc(C)c2sc(N(Cc3ccco3)C(=O)CCS(=O)(=O)c3ccc(Cl)cc3)nc12. The quantitative estimate of drug-likeness (QED) is 0.340. The number of nitrogens with zero attached hydrogens (tertiary/aromatic N) is 2. The molecule has 2 aromatic carbocycles. The number of carbonyl (C=O) groups is 1. The number of aromatic nitrogens is 1. The Bertz CT molecular complexity index is 1320. The number of rotatable bonds is 7. The summed E-state index contributed by atoms with van der Waals surface area (Å²) >= 11 is 7.27. The summed E-state index contributed by atoms with van der Waals surface area (Å²) in [6.45, 7) is 4.15. The number of amides is 1. The van der Waals surface area contributed by atoms with Crippen LogP contribution in [0.25, 0.3) is 10.2 Å². The molecule has 32 heavy (non-hydrogen) atoms. The van der Waals surface area contributed by atoms with Gasteiger partial charge in [0.05, 0.1) is 33.7 Å². The normalized spacial score (nSPS) is 11.7. The minimum atomic E-state index is -3.63. The van der Waals surface area contributed by atoms with Crippen LogP contribution in [0.3, 0.4) is 0 Å². The van der Waals surface area contributed by atoms with Crippen LogP contribution in [-0.2, 0) is 21.2 Å². The summed E-state index contributed by atoms with van der Waals surface area (Å²) in [5.74, 6) is -0.0645. The van der Waals surface area contributed by atoms with E-state index < -0.39 is 9.84 Å². The molecule has 0 aliphatic rings. The Kier molecular flexibility index (Phi) is 6.37. The van der Waals surface area contributed by atoms with E-state index in [-0.39, 0.29) is 29.5 Å². The van der Waals surface area contributed by atoms with Gasteiger partial charge in [-0.05, 0) is 61.4 Å². The highest BCUT2D eigenvalue weighted by Crippen LogP contribution is 2.34. The van der Waals surface area contributed by atoms with E-state index in [9.17, 15) is 13.2 Å². The highest BCUT2D eigenvalue weighted by molar-refractivity contribution is 7.91. The van der Waals surface area contributed by atoms with Crippen molar-refractivity contribution in [3.63, 3.8) is 0 Å². The molecule has 166 valence electrons. The summed E-state index contributed by atoms with van der Waals surface area (Å²) in [7, 11) is -3.63. The van der Waals surface area contributed by atoms with Crippen molar-refractivity contribution in [1.29, 1.82) is 0 Å². The summed E-state index contributed by atoms with van der Waals surface area (Å²) in [4.78, 5) is 19.6. The molecule has 2 heterocycles. The Labute approximate surface area is 195 Å². The predicted molar refractivity (Wildman–Crippen MR) is 127 cm³/mol. The third kappa shape index (κ3) is 4.72. The van der Waals surface area contributed by atoms with E-state index in [0.717, 1.165) is 21.3 Å². The number of thiazole rings is 1. The van der Waals surface area contributed by atoms with E-state index in [1.54, 1.807) is 12.1 Å². The zero-order valence-electron chi connectivity index (χ0n) is 17.5. The minimum Gasteiger partial charge on any atom is -0.467 e. The average Bonchev–Trinajstić information content (AvgIpc) is 3.44. The van der Waals surface area contributed by atoms with Crippen LogP contribution in [0.1, 0.15) is 23.3 Å². The number of aryl methyl sites for hydroxylation is 2. The van der Waals surface area contributed by atoms with Gasteiger partial charge in [0.2, 0.25) is 5.91 Å². The highest BCUT2D eigenvalue weighted by Gasteiger charge is 2.25. The molecule has 0 aliphatic carbocycles. The van der Waals surface area contributed by atoms with Gasteiger partial charge in [-0.3, -0.25) is 9.69 Å². The van der Waals surface area contributed by atoms with Gasteiger partial charge in [0, 0.05) is 11.4 Å². The molecule has 0 fully saturated rings. The maximum Gasteiger partial charge on any atom is 0.230 e. The van der Waals surface area contributed by atoms with E-state index in [2.05, 4.69) is 0 Å². The summed E-state index contributed by atoms with van der Waals surface area (Å²) in [6, 6.07) is 13.5. The first-order valence-electron chi connectivity index (χ1n) is 9.92. The Hall–Kier alpha value is -2.68. The lowest BCUT2D eigenvalue weighted by Crippen LogP contribution is -2.31. The molecule has 0 unspecified atom stereocenters. The van der Waals surface area contributed by atoms with Crippen LogP contribution in [0.15, 0.2) is 64.1 Å². The Morgan fingerprint density at radius 3 is 2.47 bits per heavy atom. The first-order valence-corrected chi connectivity index (χ1v) is 12.8. The lowest BCUT2D eigenvalue weighted by Gasteiger charge is -2.18. The topological polar surface area (TPSA) is 80.5 Å². The second-order valence-electron chi connectivity index (χ2n) is 7.46. The first kappa shape index (κ1) is 22.5. The zero-order valence-corrected chi connectivity index (χ0v) is 19.9. The van der Waals surface area contributed by atoms with Crippen LogP contribution in [0, 0.1) is 13.8 Å². The largest absolute Gasteiger partial charge is 0.467 e. The average molecular weight is 489 g/mol. The van der Waals surface area contributed by atoms with Crippen LogP contribution in [-0.4, -0.2) is 25.1 Å². The molecule has 0 saturated carbocycles. The molecule has 0 N–H and O–H groups in total. The van der Waals surface area contributed by atoms with Crippen LogP contribution in [0.5, 0.6) is 0 Å². The summed E-state index contributed by atoms with van der Waals surface area (Å²) in [5, 5.41) is 0.966. The Balaban J connectivity index is 1.62. The van der Waals surface area contributed by atoms with Crippen LogP contribution in [0.2, 0.25) is 5.02 Å². The van der Waals surface area contributed by atoms with Gasteiger partial charge >= 0.3 is 0 Å². The van der Waals surface area contributed by atoms with Crippen molar-refractivity contribution in [3.8, 4) is 0 Å². The van der Waals surface area contributed by atoms with Gasteiger partial charge in [-0.25, -0.2) is 13.4 Å². The zero-order chi connectivity index (χ0) is 22.9. The van der Waals surface area contributed by atoms with Crippen molar-refractivity contribution < 1.29 is 17.6 Å². The summed E-state index contributed by atoms with van der Waals surface area (Å²) < 4.78 is 31.9. The molecule has 1 amide bonds. The Morgan fingerprint density at radius 1 is 1.09 bits per heavy atom. The maximum absolute atomic E-state index is 13.2. The van der Waals surface area contributed by atoms with Gasteiger partial charge in [-0.1, -0.05) is 35.1 Å². The molecule has 4 rings (SSSR count). The number of benzene rings is 2. The summed E-state index contributed by atoms with van der Waals surface area (Å²) in [6.07, 6.45) is 1.36. The minimum absolute atomic E-state index is 0.138. The fraction of sp³-hybridized carbons (Fsp3) is 0.217. The fourth-order valence-corrected chi connectivity index (χ4v) is 5.78. The third-order valence-electron chi connectivity index (χ3n) is 5.11. The van der Waals surface area contributed by atoms with Crippen molar-refractivity contribution in [2.75, 3.05) is 10.7 Å². The number of sulfone groups is 1.